The smallest absolute Gasteiger partial charge is 0.339 e. The molecule has 1 aliphatic heterocycles. The van der Waals surface area contributed by atoms with Crippen molar-refractivity contribution in [2.24, 2.45) is 0 Å². The summed E-state index contributed by atoms with van der Waals surface area (Å²) in [6.45, 7) is 7.08. The Morgan fingerprint density at radius 3 is 2.46 bits per heavy atom. The van der Waals surface area contributed by atoms with Gasteiger partial charge >= 0.3 is 5.97 Å². The number of piperidine rings is 1. The average Bonchev–Trinajstić information content (AvgIpc) is 3.69. The number of aliphatic hydroxyl groups is 1. The zero-order valence-electron chi connectivity index (χ0n) is 26.4. The summed E-state index contributed by atoms with van der Waals surface area (Å²) in [7, 11) is 0. The fourth-order valence-electron chi connectivity index (χ4n) is 7.45. The number of benzene rings is 2. The molecule has 1 amide bonds. The van der Waals surface area contributed by atoms with E-state index in [0.717, 1.165) is 49.8 Å². The van der Waals surface area contributed by atoms with Crippen molar-refractivity contribution in [3.05, 3.63) is 99.9 Å². The first-order valence-corrected chi connectivity index (χ1v) is 16.3. The van der Waals surface area contributed by atoms with Gasteiger partial charge < -0.3 is 15.1 Å². The number of aromatic carboxylic acids is 1. The van der Waals surface area contributed by atoms with E-state index >= 15 is 0 Å². The fraction of sp³-hybridized carbons (Fsp3) is 0.421. The standard InChI is InChI=1S/C37H42N4O4.CH4/c1-4-25-20-24(12-15-29(25)26-16-18-40(19-17-26)36(43)23(3)42)21-28-14-13-27-8-6-9-30(35(27)28)32-10-7-11-34(39-32)41-33(5-2)31(22-38-41)37(44)45;/h6-12,15,20,22-23,26,28,42H,4-5,13-14,16-19,21H2,1-3H3,(H,44,45);1H4/t23-,28?;/m0./s1. The normalized spacial score (nSPS) is 17.0. The number of carboxylic acid groups (broad SMARTS) is 1. The molecule has 1 unspecified atom stereocenters. The largest absolute Gasteiger partial charge is 0.478 e. The van der Waals surface area contributed by atoms with Gasteiger partial charge in [0, 0.05) is 18.7 Å². The van der Waals surface area contributed by atoms with Gasteiger partial charge in [-0.15, -0.1) is 0 Å². The number of pyridine rings is 1. The number of aromatic nitrogens is 3. The number of likely N-dealkylation sites (tertiary alicyclic amines) is 1. The Bertz CT molecular complexity index is 1720. The Morgan fingerprint density at radius 2 is 1.76 bits per heavy atom. The van der Waals surface area contributed by atoms with Crippen LogP contribution in [-0.4, -0.2) is 60.9 Å². The Kier molecular flexibility index (Phi) is 10.1. The number of carboxylic acids is 1. The van der Waals surface area contributed by atoms with Crippen LogP contribution in [0.1, 0.15) is 103 Å². The van der Waals surface area contributed by atoms with Crippen molar-refractivity contribution >= 4 is 11.9 Å². The molecule has 0 spiro atoms. The van der Waals surface area contributed by atoms with Crippen LogP contribution in [0, 0.1) is 0 Å². The minimum Gasteiger partial charge on any atom is -0.478 e. The first kappa shape index (κ1) is 33.1. The predicted molar refractivity (Wildman–Crippen MR) is 181 cm³/mol. The Hall–Kier alpha value is -4.30. The number of carbonyl (C=O) groups excluding carboxylic acids is 1. The summed E-state index contributed by atoms with van der Waals surface area (Å²) in [4.78, 5) is 30.8. The van der Waals surface area contributed by atoms with E-state index in [1.807, 2.05) is 25.1 Å². The van der Waals surface area contributed by atoms with Gasteiger partial charge in [0.25, 0.3) is 5.91 Å². The van der Waals surface area contributed by atoms with E-state index in [1.54, 1.807) is 16.5 Å². The van der Waals surface area contributed by atoms with E-state index in [1.165, 1.54) is 34.0 Å². The van der Waals surface area contributed by atoms with E-state index in [4.69, 9.17) is 4.98 Å². The zero-order chi connectivity index (χ0) is 31.7. The molecular formula is C38H46N4O4. The number of aryl methyl sites for hydroxylation is 2. The molecule has 1 fully saturated rings. The van der Waals surface area contributed by atoms with Crippen molar-refractivity contribution < 1.29 is 19.8 Å². The summed E-state index contributed by atoms with van der Waals surface area (Å²) < 4.78 is 1.65. The Labute approximate surface area is 272 Å². The quantitative estimate of drug-likeness (QED) is 0.214. The molecule has 2 N–H and O–H groups in total. The maximum Gasteiger partial charge on any atom is 0.339 e. The van der Waals surface area contributed by atoms with Crippen LogP contribution in [0.5, 0.6) is 0 Å². The lowest BCUT2D eigenvalue weighted by molar-refractivity contribution is -0.140. The van der Waals surface area contributed by atoms with Gasteiger partial charge in [-0.25, -0.2) is 14.5 Å². The van der Waals surface area contributed by atoms with Gasteiger partial charge in [-0.3, -0.25) is 4.79 Å². The van der Waals surface area contributed by atoms with Crippen molar-refractivity contribution in [2.45, 2.75) is 91.1 Å². The molecule has 0 radical (unpaired) electrons. The van der Waals surface area contributed by atoms with Crippen LogP contribution < -0.4 is 0 Å². The number of fused-ring (bicyclic) bond motifs is 1. The van der Waals surface area contributed by atoms with Crippen LogP contribution in [-0.2, 0) is 30.5 Å². The third-order valence-corrected chi connectivity index (χ3v) is 9.70. The summed E-state index contributed by atoms with van der Waals surface area (Å²) in [6.07, 6.45) is 6.90. The van der Waals surface area contributed by atoms with Gasteiger partial charge in [0.05, 0.1) is 17.6 Å². The number of rotatable bonds is 9. The number of carbonyl (C=O) groups is 2. The summed E-state index contributed by atoms with van der Waals surface area (Å²) in [5, 5.41) is 23.7. The summed E-state index contributed by atoms with van der Waals surface area (Å²) in [5.41, 5.74) is 9.71. The summed E-state index contributed by atoms with van der Waals surface area (Å²) >= 11 is 0. The molecule has 46 heavy (non-hydrogen) atoms. The van der Waals surface area contributed by atoms with Gasteiger partial charge in [0.2, 0.25) is 0 Å². The Morgan fingerprint density at radius 1 is 1.00 bits per heavy atom. The molecule has 6 rings (SSSR count). The maximum atomic E-state index is 12.3. The third-order valence-electron chi connectivity index (χ3n) is 9.70. The number of amides is 1. The van der Waals surface area contributed by atoms with Gasteiger partial charge in [-0.1, -0.05) is 63.7 Å². The highest BCUT2D eigenvalue weighted by atomic mass is 16.4. The molecule has 2 aromatic heterocycles. The van der Waals surface area contributed by atoms with Crippen LogP contribution in [0.3, 0.4) is 0 Å². The zero-order valence-corrected chi connectivity index (χ0v) is 26.4. The lowest BCUT2D eigenvalue weighted by Gasteiger charge is -2.34. The van der Waals surface area contributed by atoms with Gasteiger partial charge in [0.1, 0.15) is 11.7 Å². The van der Waals surface area contributed by atoms with Crippen molar-refractivity contribution in [1.82, 2.24) is 19.7 Å². The molecule has 2 atom stereocenters. The molecule has 2 aliphatic rings. The minimum absolute atomic E-state index is 0. The van der Waals surface area contributed by atoms with Crippen molar-refractivity contribution in [3.8, 4) is 17.1 Å². The Balaban J connectivity index is 0.00000417. The van der Waals surface area contributed by atoms with Crippen molar-refractivity contribution in [3.63, 3.8) is 0 Å². The molecule has 1 aliphatic carbocycles. The third kappa shape index (κ3) is 6.36. The van der Waals surface area contributed by atoms with Crippen LogP contribution in [0.25, 0.3) is 17.1 Å². The molecule has 0 saturated carbocycles. The lowest BCUT2D eigenvalue weighted by Crippen LogP contribution is -2.42. The van der Waals surface area contributed by atoms with Crippen molar-refractivity contribution in [1.29, 1.82) is 0 Å². The number of hydrogen-bond donors (Lipinski definition) is 2. The second kappa shape index (κ2) is 14.0. The summed E-state index contributed by atoms with van der Waals surface area (Å²) in [6, 6.07) is 19.4. The van der Waals surface area contributed by atoms with Crippen LogP contribution in [0.4, 0.5) is 0 Å². The van der Waals surface area contributed by atoms with Gasteiger partial charge in [-0.05, 0) is 104 Å². The number of nitrogens with zero attached hydrogens (tertiary/aromatic N) is 4. The predicted octanol–water partition coefficient (Wildman–Crippen LogP) is 6.75. The van der Waals surface area contributed by atoms with E-state index in [9.17, 15) is 19.8 Å². The molecule has 8 heteroatoms. The average molecular weight is 623 g/mol. The second-order valence-corrected chi connectivity index (χ2v) is 12.4. The molecule has 0 bridgehead atoms. The fourth-order valence-corrected chi connectivity index (χ4v) is 7.45. The number of hydrogen-bond acceptors (Lipinski definition) is 5. The first-order chi connectivity index (χ1) is 21.8. The molecule has 3 heterocycles. The second-order valence-electron chi connectivity index (χ2n) is 12.4. The van der Waals surface area contributed by atoms with Gasteiger partial charge in [-0.2, -0.15) is 5.10 Å². The number of aliphatic hydroxyl groups excluding tert-OH is 1. The molecule has 2 aromatic carbocycles. The van der Waals surface area contributed by atoms with E-state index in [2.05, 4.69) is 48.4 Å². The molecule has 4 aromatic rings. The highest BCUT2D eigenvalue weighted by Gasteiger charge is 2.29. The molecule has 8 nitrogen and oxygen atoms in total. The molecule has 242 valence electrons. The van der Waals surface area contributed by atoms with Crippen LogP contribution in [0.2, 0.25) is 0 Å². The minimum atomic E-state index is -0.980. The van der Waals surface area contributed by atoms with Crippen LogP contribution >= 0.6 is 0 Å². The van der Waals surface area contributed by atoms with Gasteiger partial charge in [0.15, 0.2) is 5.82 Å². The van der Waals surface area contributed by atoms with E-state index < -0.39 is 12.1 Å². The maximum absolute atomic E-state index is 12.3. The highest BCUT2D eigenvalue weighted by molar-refractivity contribution is 5.88. The highest BCUT2D eigenvalue weighted by Crippen LogP contribution is 2.42. The topological polar surface area (TPSA) is 109 Å². The van der Waals surface area contributed by atoms with E-state index in [0.29, 0.717) is 42.9 Å². The van der Waals surface area contributed by atoms with E-state index in [-0.39, 0.29) is 18.9 Å². The molecular weight excluding hydrogens is 576 g/mol. The lowest BCUT2D eigenvalue weighted by atomic mass is 9.83. The van der Waals surface area contributed by atoms with Crippen molar-refractivity contribution in [2.75, 3.05) is 13.1 Å². The molecule has 1 saturated heterocycles. The SMILES string of the molecule is C.CCc1cc(CC2CCc3cccc(-c4cccc(-n5ncc(C(=O)O)c5CC)n4)c32)ccc1C1CCN(C(=O)[C@H](C)O)CC1. The monoisotopic (exact) mass is 622 g/mol. The van der Waals surface area contributed by atoms with Crippen LogP contribution in [0.15, 0.2) is 60.8 Å². The first-order valence-electron chi connectivity index (χ1n) is 16.3. The summed E-state index contributed by atoms with van der Waals surface area (Å²) in [5.74, 6) is 0.275.